The fraction of sp³-hybridized carbons (Fsp3) is 0.333. The minimum Gasteiger partial charge on any atom is -0.310 e. The lowest BCUT2D eigenvalue weighted by molar-refractivity contribution is 0.419. The number of benzene rings is 1. The summed E-state index contributed by atoms with van der Waals surface area (Å²) in [5, 5.41) is 3.65. The molecule has 1 nitrogen and oxygen atoms in total. The van der Waals surface area contributed by atoms with E-state index >= 15 is 0 Å². The lowest BCUT2D eigenvalue weighted by Crippen LogP contribution is -2.33. The second-order valence-electron chi connectivity index (χ2n) is 4.82. The van der Waals surface area contributed by atoms with Gasteiger partial charge in [-0.05, 0) is 67.6 Å². The molecule has 1 aromatic carbocycles. The van der Waals surface area contributed by atoms with Gasteiger partial charge >= 0.3 is 0 Å². The van der Waals surface area contributed by atoms with Gasteiger partial charge in [-0.25, -0.2) is 0 Å². The van der Waals surface area contributed by atoms with Crippen molar-refractivity contribution in [2.75, 3.05) is 6.54 Å². The highest BCUT2D eigenvalue weighted by Gasteiger charge is 2.34. The predicted molar refractivity (Wildman–Crippen MR) is 89.0 cm³/mol. The van der Waals surface area contributed by atoms with Crippen molar-refractivity contribution in [1.82, 2.24) is 5.32 Å². The lowest BCUT2D eigenvalue weighted by Gasteiger charge is -2.37. The molecule has 2 unspecified atom stereocenters. The van der Waals surface area contributed by atoms with Crippen LogP contribution in [0.4, 0.5) is 0 Å². The number of nitrogens with one attached hydrogen (secondary N) is 1. The van der Waals surface area contributed by atoms with E-state index in [1.54, 1.807) is 11.3 Å². The molecule has 1 N–H and O–H groups in total. The largest absolute Gasteiger partial charge is 0.310 e. The van der Waals surface area contributed by atoms with Crippen LogP contribution in [0.25, 0.3) is 0 Å². The first kappa shape index (κ1) is 13.8. The summed E-state index contributed by atoms with van der Waals surface area (Å²) in [5.41, 5.74) is 4.38. The molecule has 2 atom stereocenters. The van der Waals surface area contributed by atoms with Gasteiger partial charge in [0.05, 0.1) is 7.57 Å². The van der Waals surface area contributed by atoms with E-state index in [0.717, 1.165) is 6.54 Å². The fourth-order valence-corrected chi connectivity index (χ4v) is 5.78. The summed E-state index contributed by atoms with van der Waals surface area (Å²) in [5.74, 6) is 0.592. The van der Waals surface area contributed by atoms with E-state index in [-0.39, 0.29) is 0 Å². The Morgan fingerprint density at radius 3 is 2.79 bits per heavy atom. The summed E-state index contributed by atoms with van der Waals surface area (Å²) in [4.78, 5) is 0. The Morgan fingerprint density at radius 1 is 1.37 bits per heavy atom. The first-order chi connectivity index (χ1) is 9.20. The molecule has 1 aromatic heterocycles. The average molecular weight is 401 g/mol. The fourth-order valence-electron chi connectivity index (χ4n) is 2.85. The molecular formula is C15H15Br2NS. The van der Waals surface area contributed by atoms with E-state index in [9.17, 15) is 0 Å². The summed E-state index contributed by atoms with van der Waals surface area (Å²) in [6, 6.07) is 11.4. The third-order valence-corrected chi connectivity index (χ3v) is 6.12. The maximum absolute atomic E-state index is 3.70. The van der Waals surface area contributed by atoms with Crippen LogP contribution in [0.2, 0.25) is 0 Å². The predicted octanol–water partition coefficient (Wildman–Crippen LogP) is 5.26. The molecule has 3 rings (SSSR count). The Hall–Kier alpha value is -0.160. The Morgan fingerprint density at radius 2 is 2.16 bits per heavy atom. The van der Waals surface area contributed by atoms with Crippen LogP contribution in [-0.2, 0) is 6.42 Å². The monoisotopic (exact) mass is 399 g/mol. The quantitative estimate of drug-likeness (QED) is 0.737. The van der Waals surface area contributed by atoms with E-state index in [2.05, 4.69) is 74.4 Å². The molecule has 1 heterocycles. The summed E-state index contributed by atoms with van der Waals surface area (Å²) in [6.45, 7) is 3.16. The Labute approximate surface area is 134 Å². The van der Waals surface area contributed by atoms with E-state index < -0.39 is 0 Å². The topological polar surface area (TPSA) is 12.0 Å². The van der Waals surface area contributed by atoms with Gasteiger partial charge in [0, 0.05) is 12.0 Å². The Bertz CT molecular complexity index is 594. The van der Waals surface area contributed by atoms with E-state index in [1.165, 1.54) is 30.7 Å². The lowest BCUT2D eigenvalue weighted by atomic mass is 9.72. The van der Waals surface area contributed by atoms with Crippen molar-refractivity contribution < 1.29 is 0 Å². The Kier molecular flexibility index (Phi) is 4.13. The molecule has 1 aliphatic carbocycles. The van der Waals surface area contributed by atoms with Crippen molar-refractivity contribution in [2.45, 2.75) is 25.3 Å². The molecule has 0 aliphatic heterocycles. The minimum atomic E-state index is 0.400. The first-order valence-electron chi connectivity index (χ1n) is 6.46. The van der Waals surface area contributed by atoms with E-state index in [1.807, 2.05) is 0 Å². The number of hydrogen-bond donors (Lipinski definition) is 1. The SMILES string of the molecule is CCNC(c1cc(Br)sc1Br)C1Cc2ccccc21. The number of hydrogen-bond acceptors (Lipinski definition) is 2. The summed E-state index contributed by atoms with van der Waals surface area (Å²) >= 11 is 9.03. The van der Waals surface area contributed by atoms with Gasteiger partial charge in [0.1, 0.15) is 0 Å². The number of halogens is 2. The van der Waals surface area contributed by atoms with Gasteiger partial charge in [-0.2, -0.15) is 0 Å². The van der Waals surface area contributed by atoms with Crippen LogP contribution in [0.3, 0.4) is 0 Å². The smallest absolute Gasteiger partial charge is 0.0758 e. The third kappa shape index (κ3) is 2.56. The second-order valence-corrected chi connectivity index (χ2v) is 8.57. The standard InChI is InChI=1S/C15H15Br2NS/c1-2-18-14(12-8-13(16)19-15(12)17)11-7-9-5-3-4-6-10(9)11/h3-6,8,11,14,18H,2,7H2,1H3. The van der Waals surface area contributed by atoms with Crippen molar-refractivity contribution in [3.8, 4) is 0 Å². The van der Waals surface area contributed by atoms with Gasteiger partial charge in [-0.15, -0.1) is 11.3 Å². The van der Waals surface area contributed by atoms with Gasteiger partial charge in [0.15, 0.2) is 0 Å². The maximum Gasteiger partial charge on any atom is 0.0758 e. The van der Waals surface area contributed by atoms with Crippen LogP contribution >= 0.6 is 43.2 Å². The van der Waals surface area contributed by atoms with Gasteiger partial charge < -0.3 is 5.32 Å². The van der Waals surface area contributed by atoms with Crippen molar-refractivity contribution in [2.24, 2.45) is 0 Å². The van der Waals surface area contributed by atoms with E-state index in [0.29, 0.717) is 12.0 Å². The normalized spacial score (nSPS) is 18.8. The molecule has 0 amide bonds. The molecular weight excluding hydrogens is 386 g/mol. The van der Waals surface area contributed by atoms with Gasteiger partial charge in [-0.1, -0.05) is 31.2 Å². The zero-order valence-electron chi connectivity index (χ0n) is 10.6. The Balaban J connectivity index is 1.93. The van der Waals surface area contributed by atoms with E-state index in [4.69, 9.17) is 0 Å². The van der Waals surface area contributed by atoms with Gasteiger partial charge in [0.2, 0.25) is 0 Å². The summed E-state index contributed by atoms with van der Waals surface area (Å²) < 4.78 is 2.42. The first-order valence-corrected chi connectivity index (χ1v) is 8.87. The number of rotatable bonds is 4. The van der Waals surface area contributed by atoms with Crippen molar-refractivity contribution in [3.63, 3.8) is 0 Å². The molecule has 100 valence electrons. The summed E-state index contributed by atoms with van der Waals surface area (Å²) in [6.07, 6.45) is 1.17. The zero-order chi connectivity index (χ0) is 13.4. The zero-order valence-corrected chi connectivity index (χ0v) is 14.6. The molecule has 0 saturated heterocycles. The van der Waals surface area contributed by atoms with Crippen LogP contribution < -0.4 is 5.32 Å². The average Bonchev–Trinajstić information content (AvgIpc) is 2.69. The number of likely N-dealkylation sites (N-methyl/N-ethyl adjacent to an activating group) is 1. The van der Waals surface area contributed by atoms with Crippen molar-refractivity contribution in [1.29, 1.82) is 0 Å². The molecule has 2 aromatic rings. The van der Waals surface area contributed by atoms with Crippen LogP contribution in [0.1, 0.15) is 35.6 Å². The van der Waals surface area contributed by atoms with Gasteiger partial charge in [-0.3, -0.25) is 0 Å². The van der Waals surface area contributed by atoms with Gasteiger partial charge in [0.25, 0.3) is 0 Å². The highest BCUT2D eigenvalue weighted by molar-refractivity contribution is 9.12. The third-order valence-electron chi connectivity index (χ3n) is 3.74. The van der Waals surface area contributed by atoms with Crippen molar-refractivity contribution >= 4 is 43.2 Å². The van der Waals surface area contributed by atoms with Crippen molar-refractivity contribution in [3.05, 3.63) is 54.6 Å². The molecule has 0 bridgehead atoms. The van der Waals surface area contributed by atoms with Crippen LogP contribution in [-0.4, -0.2) is 6.54 Å². The molecule has 4 heteroatoms. The number of thiophene rings is 1. The molecule has 0 radical (unpaired) electrons. The summed E-state index contributed by atoms with van der Waals surface area (Å²) in [7, 11) is 0. The molecule has 19 heavy (non-hydrogen) atoms. The van der Waals surface area contributed by atoms with Crippen LogP contribution in [0, 0.1) is 0 Å². The molecule has 0 spiro atoms. The highest BCUT2D eigenvalue weighted by atomic mass is 79.9. The molecule has 0 saturated carbocycles. The minimum absolute atomic E-state index is 0.400. The van der Waals surface area contributed by atoms with Crippen LogP contribution in [0.5, 0.6) is 0 Å². The van der Waals surface area contributed by atoms with Crippen LogP contribution in [0.15, 0.2) is 37.9 Å². The number of fused-ring (bicyclic) bond motifs is 1. The molecule has 1 aliphatic rings. The second kappa shape index (κ2) is 5.68. The maximum atomic E-state index is 3.70. The molecule has 0 fully saturated rings. The highest BCUT2D eigenvalue weighted by Crippen LogP contribution is 2.47.